The Morgan fingerprint density at radius 1 is 1.38 bits per heavy atom. The van der Waals surface area contributed by atoms with Gasteiger partial charge >= 0.3 is 16.1 Å². The molecule has 0 saturated heterocycles. The van der Waals surface area contributed by atoms with Crippen molar-refractivity contribution in [1.82, 2.24) is 0 Å². The van der Waals surface area contributed by atoms with Gasteiger partial charge in [0, 0.05) is 12.1 Å². The number of diazo groups is 1. The Kier molecular flexibility index (Phi) is 4.43. The largest absolute Gasteiger partial charge is 0.397 e. The van der Waals surface area contributed by atoms with Crippen molar-refractivity contribution in [1.29, 1.82) is 5.39 Å². The van der Waals surface area contributed by atoms with E-state index in [2.05, 4.69) is 9.16 Å². The van der Waals surface area contributed by atoms with Gasteiger partial charge in [-0.25, -0.2) is 4.18 Å². The van der Waals surface area contributed by atoms with Crippen molar-refractivity contribution < 1.29 is 17.2 Å². The molecule has 1 aromatic carbocycles. The second-order valence-electron chi connectivity index (χ2n) is 3.12. The fourth-order valence-corrected chi connectivity index (χ4v) is 1.50. The van der Waals surface area contributed by atoms with E-state index in [9.17, 15) is 8.42 Å². The molecule has 0 bridgehead atoms. The maximum atomic E-state index is 10.2. The topological polar surface area (TPSA) is 91.8 Å². The molecule has 6 nitrogen and oxygen atoms in total. The van der Waals surface area contributed by atoms with Crippen LogP contribution in [0.5, 0.6) is 0 Å². The normalized spacial score (nSPS) is 10.8. The molecular formula is C8H10BN2O4S+. The quantitative estimate of drug-likeness (QED) is 0.350. The van der Waals surface area contributed by atoms with Crippen LogP contribution >= 0.6 is 0 Å². The van der Waals surface area contributed by atoms with Gasteiger partial charge in [-0.05, 0) is 6.32 Å². The number of hydrogen-bond donors (Lipinski definition) is 1. The van der Waals surface area contributed by atoms with E-state index in [4.69, 9.17) is 9.95 Å². The summed E-state index contributed by atoms with van der Waals surface area (Å²) in [6.07, 6.45) is 0.468. The Labute approximate surface area is 94.1 Å². The molecule has 1 rings (SSSR count). The van der Waals surface area contributed by atoms with E-state index in [0.29, 0.717) is 19.3 Å². The van der Waals surface area contributed by atoms with Gasteiger partial charge in [-0.3, -0.25) is 4.55 Å². The zero-order valence-electron chi connectivity index (χ0n) is 8.41. The van der Waals surface area contributed by atoms with Crippen LogP contribution in [0.4, 0.5) is 5.69 Å². The van der Waals surface area contributed by atoms with E-state index < -0.39 is 10.4 Å². The van der Waals surface area contributed by atoms with Crippen LogP contribution in [0.2, 0.25) is 6.32 Å². The van der Waals surface area contributed by atoms with Crippen LogP contribution in [0.25, 0.3) is 4.98 Å². The first kappa shape index (κ1) is 12.6. The molecule has 0 aromatic heterocycles. The van der Waals surface area contributed by atoms with Crippen molar-refractivity contribution in [3.05, 3.63) is 29.2 Å². The van der Waals surface area contributed by atoms with Gasteiger partial charge in [-0.15, -0.1) is 0 Å². The Morgan fingerprint density at radius 3 is 2.50 bits per heavy atom. The summed E-state index contributed by atoms with van der Waals surface area (Å²) in [4.78, 5) is 3.00. The molecule has 84 valence electrons. The number of hydrogen-bond acceptors (Lipinski definition) is 4. The lowest BCUT2D eigenvalue weighted by molar-refractivity contribution is 0.283. The second-order valence-corrected chi connectivity index (χ2v) is 4.21. The van der Waals surface area contributed by atoms with Gasteiger partial charge in [0.15, 0.2) is 12.3 Å². The third kappa shape index (κ3) is 4.88. The summed E-state index contributed by atoms with van der Waals surface area (Å²) in [5.41, 5.74) is 1.42. The summed E-state index contributed by atoms with van der Waals surface area (Å²) in [7, 11) is -3.72. The molecule has 1 N–H and O–H groups in total. The highest BCUT2D eigenvalue weighted by Crippen LogP contribution is 2.07. The summed E-state index contributed by atoms with van der Waals surface area (Å²) in [5.74, 6) is 0. The highest BCUT2D eigenvalue weighted by Gasteiger charge is 2.06. The van der Waals surface area contributed by atoms with E-state index in [-0.39, 0.29) is 6.61 Å². The van der Waals surface area contributed by atoms with Gasteiger partial charge in [0.25, 0.3) is 0 Å². The molecule has 0 unspecified atom stereocenters. The predicted molar refractivity (Wildman–Crippen MR) is 60.3 cm³/mol. The average Bonchev–Trinajstić information content (AvgIpc) is 2.24. The summed E-state index contributed by atoms with van der Waals surface area (Å²) in [5, 5.41) is 8.44. The zero-order valence-corrected chi connectivity index (χ0v) is 9.22. The van der Waals surface area contributed by atoms with Gasteiger partial charge in [0.05, 0.1) is 6.61 Å². The van der Waals surface area contributed by atoms with Crippen LogP contribution in [0.3, 0.4) is 0 Å². The molecule has 16 heavy (non-hydrogen) atoms. The molecule has 0 atom stereocenters. The standard InChI is InChI=1S/C8H9BN2O4S/c10-11-8-3-1-7(2-4-8)9-5-6-15-16(12,13)14/h1-4,9H,5-6H2/p+1. The van der Waals surface area contributed by atoms with Gasteiger partial charge < -0.3 is 0 Å². The molecular weight excluding hydrogens is 231 g/mol. The zero-order chi connectivity index (χ0) is 12.0. The minimum atomic E-state index is -4.34. The first-order valence-electron chi connectivity index (χ1n) is 4.57. The minimum Gasteiger partial charge on any atom is -0.264 e. The molecule has 8 heteroatoms. The summed E-state index contributed by atoms with van der Waals surface area (Å²) < 4.78 is 32.9. The van der Waals surface area contributed by atoms with Crippen molar-refractivity contribution in [3.8, 4) is 0 Å². The summed E-state index contributed by atoms with van der Waals surface area (Å²) in [6, 6.07) is 6.81. The number of rotatable bonds is 5. The molecule has 0 saturated carbocycles. The Bertz CT molecular complexity index is 480. The van der Waals surface area contributed by atoms with Gasteiger partial charge in [-0.2, -0.15) is 8.42 Å². The lowest BCUT2D eigenvalue weighted by Crippen LogP contribution is -2.16. The first-order valence-corrected chi connectivity index (χ1v) is 5.93. The lowest BCUT2D eigenvalue weighted by Gasteiger charge is -1.98. The fraction of sp³-hybridized carbons (Fsp3) is 0.250. The van der Waals surface area contributed by atoms with Crippen LogP contribution in [-0.4, -0.2) is 26.9 Å². The van der Waals surface area contributed by atoms with Crippen molar-refractivity contribution in [2.75, 3.05) is 6.61 Å². The van der Waals surface area contributed by atoms with Gasteiger partial charge in [0.2, 0.25) is 5.39 Å². The molecule has 0 heterocycles. The molecule has 0 radical (unpaired) electrons. The summed E-state index contributed by atoms with van der Waals surface area (Å²) in [6.45, 7) is -0.0645. The molecule has 0 amide bonds. The molecule has 0 aliphatic carbocycles. The minimum absolute atomic E-state index is 0.0645. The van der Waals surface area contributed by atoms with Crippen LogP contribution in [0, 0.1) is 5.39 Å². The van der Waals surface area contributed by atoms with E-state index in [0.717, 1.165) is 5.46 Å². The molecule has 0 fully saturated rings. The number of nitrogens with zero attached hydrogens (tertiary/aromatic N) is 2. The first-order chi connectivity index (χ1) is 7.51. The highest BCUT2D eigenvalue weighted by molar-refractivity contribution is 7.80. The fourth-order valence-electron chi connectivity index (χ4n) is 1.17. The van der Waals surface area contributed by atoms with Crippen molar-refractivity contribution in [3.63, 3.8) is 0 Å². The number of benzene rings is 1. The van der Waals surface area contributed by atoms with Gasteiger partial charge in [0.1, 0.15) is 0 Å². The monoisotopic (exact) mass is 241 g/mol. The van der Waals surface area contributed by atoms with E-state index in [1.807, 2.05) is 0 Å². The second kappa shape index (κ2) is 5.60. The van der Waals surface area contributed by atoms with Crippen molar-refractivity contribution in [2.45, 2.75) is 6.32 Å². The Hall–Kier alpha value is -1.43. The smallest absolute Gasteiger partial charge is 0.264 e. The molecule has 0 aliphatic rings. The third-order valence-electron chi connectivity index (χ3n) is 1.89. The maximum Gasteiger partial charge on any atom is 0.397 e. The van der Waals surface area contributed by atoms with Crippen LogP contribution in [-0.2, 0) is 14.6 Å². The van der Waals surface area contributed by atoms with Crippen LogP contribution in [0.15, 0.2) is 24.3 Å². The van der Waals surface area contributed by atoms with E-state index in [1.54, 1.807) is 24.3 Å². The predicted octanol–water partition coefficient (Wildman–Crippen LogP) is 0.471. The lowest BCUT2D eigenvalue weighted by atomic mass is 9.67. The molecule has 0 aliphatic heterocycles. The summed E-state index contributed by atoms with van der Waals surface area (Å²) >= 11 is 0. The van der Waals surface area contributed by atoms with E-state index in [1.165, 1.54) is 0 Å². The third-order valence-corrected chi connectivity index (χ3v) is 2.36. The van der Waals surface area contributed by atoms with E-state index >= 15 is 0 Å². The maximum absolute atomic E-state index is 10.2. The Morgan fingerprint density at radius 2 is 2.00 bits per heavy atom. The SMILES string of the molecule is N#[N+]c1ccc(BCCOS(=O)(=O)O)cc1. The van der Waals surface area contributed by atoms with Crippen molar-refractivity contribution in [2.24, 2.45) is 0 Å². The van der Waals surface area contributed by atoms with Crippen LogP contribution < -0.4 is 5.46 Å². The van der Waals surface area contributed by atoms with Crippen LogP contribution in [0.1, 0.15) is 0 Å². The Balaban J connectivity index is 2.36. The van der Waals surface area contributed by atoms with Crippen molar-refractivity contribution >= 4 is 28.8 Å². The average molecular weight is 241 g/mol. The van der Waals surface area contributed by atoms with Gasteiger partial charge in [-0.1, -0.05) is 17.6 Å². The molecule has 1 aromatic rings. The molecule has 0 spiro atoms. The highest BCUT2D eigenvalue weighted by atomic mass is 32.3.